The van der Waals surface area contributed by atoms with Crippen LogP contribution in [0.1, 0.15) is 63.1 Å². The molecular formula is C16H27NO. The Morgan fingerprint density at radius 1 is 1.11 bits per heavy atom. The van der Waals surface area contributed by atoms with Crippen LogP contribution in [-0.4, -0.2) is 16.2 Å². The zero-order valence-corrected chi connectivity index (χ0v) is 11.9. The van der Waals surface area contributed by atoms with Gasteiger partial charge in [-0.1, -0.05) is 51.5 Å². The van der Waals surface area contributed by atoms with Gasteiger partial charge < -0.3 is 5.11 Å². The fourth-order valence-corrected chi connectivity index (χ4v) is 2.12. The van der Waals surface area contributed by atoms with Crippen molar-refractivity contribution in [1.82, 2.24) is 4.98 Å². The summed E-state index contributed by atoms with van der Waals surface area (Å²) >= 11 is 0. The molecule has 0 aliphatic heterocycles. The second kappa shape index (κ2) is 9.09. The molecule has 1 aromatic rings. The normalized spacial score (nSPS) is 12.6. The molecule has 1 unspecified atom stereocenters. The van der Waals surface area contributed by atoms with Crippen LogP contribution in [-0.2, 0) is 6.42 Å². The van der Waals surface area contributed by atoms with E-state index in [9.17, 15) is 5.11 Å². The maximum Gasteiger partial charge on any atom is 0.0595 e. The number of aliphatic hydroxyl groups excluding tert-OH is 1. The molecule has 0 bridgehead atoms. The number of rotatable bonds is 9. The van der Waals surface area contributed by atoms with Gasteiger partial charge in [-0.3, -0.25) is 4.98 Å². The Morgan fingerprint density at radius 2 is 1.83 bits per heavy atom. The van der Waals surface area contributed by atoms with Gasteiger partial charge in [0.2, 0.25) is 0 Å². The molecule has 1 aromatic heterocycles. The first-order valence-corrected chi connectivity index (χ1v) is 7.32. The van der Waals surface area contributed by atoms with Crippen molar-refractivity contribution in [3.8, 4) is 0 Å². The molecule has 1 rings (SSSR count). The summed E-state index contributed by atoms with van der Waals surface area (Å²) in [6.07, 6.45) is 10.9. The van der Waals surface area contributed by atoms with Crippen LogP contribution >= 0.6 is 0 Å². The minimum absolute atomic E-state index is 0.230. The first-order valence-electron chi connectivity index (χ1n) is 7.32. The first kappa shape index (κ1) is 15.2. The lowest BCUT2D eigenvalue weighted by Gasteiger charge is -2.10. The third-order valence-corrected chi connectivity index (χ3v) is 3.31. The zero-order valence-electron chi connectivity index (χ0n) is 11.9. The molecule has 0 aromatic carbocycles. The van der Waals surface area contributed by atoms with Crippen molar-refractivity contribution < 1.29 is 5.11 Å². The first-order chi connectivity index (χ1) is 8.72. The Labute approximate surface area is 111 Å². The third-order valence-electron chi connectivity index (χ3n) is 3.31. The van der Waals surface area contributed by atoms with Crippen LogP contribution in [0.25, 0.3) is 0 Å². The predicted octanol–water partition coefficient (Wildman–Crippen LogP) is 4.04. The van der Waals surface area contributed by atoms with Crippen LogP contribution < -0.4 is 0 Å². The van der Waals surface area contributed by atoms with Gasteiger partial charge in [-0.25, -0.2) is 0 Å². The van der Waals surface area contributed by atoms with Gasteiger partial charge >= 0.3 is 0 Å². The van der Waals surface area contributed by atoms with Gasteiger partial charge in [0.25, 0.3) is 0 Å². The number of hydrogen-bond acceptors (Lipinski definition) is 2. The molecule has 1 atom stereocenters. The van der Waals surface area contributed by atoms with Gasteiger partial charge in [-0.15, -0.1) is 0 Å². The van der Waals surface area contributed by atoms with E-state index in [4.69, 9.17) is 0 Å². The highest BCUT2D eigenvalue weighted by molar-refractivity contribution is 5.12. The van der Waals surface area contributed by atoms with Crippen LogP contribution in [0.5, 0.6) is 0 Å². The van der Waals surface area contributed by atoms with Gasteiger partial charge in [-0.2, -0.15) is 0 Å². The quantitative estimate of drug-likeness (QED) is 0.670. The molecule has 0 radical (unpaired) electrons. The lowest BCUT2D eigenvalue weighted by atomic mass is 10.0. The van der Waals surface area contributed by atoms with Gasteiger partial charge in [0.1, 0.15) is 0 Å². The standard InChI is InChI=1S/C16H27NO/c1-3-4-5-6-7-8-9-16(18)12-15-11-10-14(2)13-17-15/h10-11,13,16,18H,3-9,12H2,1-2H3. The summed E-state index contributed by atoms with van der Waals surface area (Å²) < 4.78 is 0. The molecule has 18 heavy (non-hydrogen) atoms. The molecule has 0 aliphatic rings. The van der Waals surface area contributed by atoms with Crippen molar-refractivity contribution in [1.29, 1.82) is 0 Å². The Hall–Kier alpha value is -0.890. The molecule has 0 saturated carbocycles. The Balaban J connectivity index is 2.10. The second-order valence-corrected chi connectivity index (χ2v) is 5.24. The Kier molecular flexibility index (Phi) is 7.66. The maximum atomic E-state index is 9.93. The molecule has 2 heteroatoms. The SMILES string of the molecule is CCCCCCCCC(O)Cc1ccc(C)cn1. The fraction of sp³-hybridized carbons (Fsp3) is 0.688. The highest BCUT2D eigenvalue weighted by Gasteiger charge is 2.06. The van der Waals surface area contributed by atoms with E-state index in [1.807, 2.05) is 19.2 Å². The van der Waals surface area contributed by atoms with Crippen molar-refractivity contribution in [3.05, 3.63) is 29.6 Å². The van der Waals surface area contributed by atoms with Crippen molar-refractivity contribution in [3.63, 3.8) is 0 Å². The van der Waals surface area contributed by atoms with E-state index in [1.165, 1.54) is 37.7 Å². The van der Waals surface area contributed by atoms with Gasteiger partial charge in [-0.05, 0) is 25.0 Å². The summed E-state index contributed by atoms with van der Waals surface area (Å²) in [4.78, 5) is 4.33. The van der Waals surface area contributed by atoms with E-state index in [0.29, 0.717) is 6.42 Å². The summed E-state index contributed by atoms with van der Waals surface area (Å²) in [5.41, 5.74) is 2.17. The minimum atomic E-state index is -0.230. The smallest absolute Gasteiger partial charge is 0.0595 e. The van der Waals surface area contributed by atoms with Crippen LogP contribution in [0.3, 0.4) is 0 Å². The minimum Gasteiger partial charge on any atom is -0.393 e. The van der Waals surface area contributed by atoms with E-state index in [1.54, 1.807) is 0 Å². The van der Waals surface area contributed by atoms with Gasteiger partial charge in [0.15, 0.2) is 0 Å². The molecule has 0 amide bonds. The van der Waals surface area contributed by atoms with E-state index < -0.39 is 0 Å². The molecule has 1 heterocycles. The molecule has 0 fully saturated rings. The number of pyridine rings is 1. The van der Waals surface area contributed by atoms with Crippen LogP contribution in [0, 0.1) is 6.92 Å². The van der Waals surface area contributed by atoms with Crippen LogP contribution in [0.4, 0.5) is 0 Å². The summed E-state index contributed by atoms with van der Waals surface area (Å²) in [5.74, 6) is 0. The number of nitrogens with zero attached hydrogens (tertiary/aromatic N) is 1. The average molecular weight is 249 g/mol. The van der Waals surface area contributed by atoms with Gasteiger partial charge in [0, 0.05) is 18.3 Å². The fourth-order valence-electron chi connectivity index (χ4n) is 2.12. The van der Waals surface area contributed by atoms with Crippen molar-refractivity contribution in [2.24, 2.45) is 0 Å². The topological polar surface area (TPSA) is 33.1 Å². The van der Waals surface area contributed by atoms with E-state index in [-0.39, 0.29) is 6.10 Å². The number of aromatic nitrogens is 1. The second-order valence-electron chi connectivity index (χ2n) is 5.24. The lowest BCUT2D eigenvalue weighted by molar-refractivity contribution is 0.159. The molecule has 0 spiro atoms. The summed E-state index contributed by atoms with van der Waals surface area (Å²) in [7, 11) is 0. The average Bonchev–Trinajstić information content (AvgIpc) is 2.36. The van der Waals surface area contributed by atoms with Gasteiger partial charge in [0.05, 0.1) is 6.10 Å². The number of hydrogen-bond donors (Lipinski definition) is 1. The number of aryl methyl sites for hydroxylation is 1. The molecular weight excluding hydrogens is 222 g/mol. The highest BCUT2D eigenvalue weighted by atomic mass is 16.3. The van der Waals surface area contributed by atoms with E-state index >= 15 is 0 Å². The highest BCUT2D eigenvalue weighted by Crippen LogP contribution is 2.11. The Bertz CT molecular complexity index is 307. The largest absolute Gasteiger partial charge is 0.393 e. The molecule has 102 valence electrons. The summed E-state index contributed by atoms with van der Waals surface area (Å²) in [6, 6.07) is 4.07. The monoisotopic (exact) mass is 249 g/mol. The molecule has 2 nitrogen and oxygen atoms in total. The van der Waals surface area contributed by atoms with E-state index in [0.717, 1.165) is 18.5 Å². The third kappa shape index (κ3) is 6.75. The van der Waals surface area contributed by atoms with Crippen LogP contribution in [0.15, 0.2) is 18.3 Å². The lowest BCUT2D eigenvalue weighted by Crippen LogP contribution is -2.11. The summed E-state index contributed by atoms with van der Waals surface area (Å²) in [6.45, 7) is 4.27. The molecule has 0 saturated heterocycles. The van der Waals surface area contributed by atoms with Crippen molar-refractivity contribution >= 4 is 0 Å². The van der Waals surface area contributed by atoms with E-state index in [2.05, 4.69) is 18.0 Å². The number of unbranched alkanes of at least 4 members (excludes halogenated alkanes) is 5. The molecule has 0 aliphatic carbocycles. The zero-order chi connectivity index (χ0) is 13.2. The van der Waals surface area contributed by atoms with Crippen molar-refractivity contribution in [2.45, 2.75) is 71.3 Å². The maximum absolute atomic E-state index is 9.93. The number of aliphatic hydroxyl groups is 1. The summed E-state index contributed by atoms with van der Waals surface area (Å²) in [5, 5.41) is 9.93. The Morgan fingerprint density at radius 3 is 2.50 bits per heavy atom. The van der Waals surface area contributed by atoms with Crippen molar-refractivity contribution in [2.75, 3.05) is 0 Å². The molecule has 1 N–H and O–H groups in total. The van der Waals surface area contributed by atoms with Crippen LogP contribution in [0.2, 0.25) is 0 Å². The predicted molar refractivity (Wildman–Crippen MR) is 76.7 cm³/mol.